The molecule has 0 spiro atoms. The van der Waals surface area contributed by atoms with E-state index in [9.17, 15) is 9.90 Å². The normalized spacial score (nSPS) is 11.7. The van der Waals surface area contributed by atoms with Crippen LogP contribution in [0.4, 0.5) is 0 Å². The molecule has 1 N–H and O–H groups in total. The first kappa shape index (κ1) is 18.0. The Balaban J connectivity index is 2.53. The first-order valence-electron chi connectivity index (χ1n) is 7.15. The number of benzene rings is 1. The number of carbonyl (C=O) groups is 1. The molecular weight excluding hydrogens is 378 g/mol. The molecule has 1 heterocycles. The molecule has 0 saturated heterocycles. The molecule has 0 fully saturated rings. The number of rotatable bonds is 4. The molecule has 1 aromatic carbocycles. The van der Waals surface area contributed by atoms with Gasteiger partial charge in [-0.25, -0.2) is 14.5 Å². The molecule has 0 saturated carbocycles. The molecule has 5 nitrogen and oxygen atoms in total. The molecular formula is C16H20BrN3O2S. The zero-order valence-electron chi connectivity index (χ0n) is 13.8. The average molecular weight is 398 g/mol. The lowest BCUT2D eigenvalue weighted by Crippen LogP contribution is -2.15. The van der Waals surface area contributed by atoms with Gasteiger partial charge in [0, 0.05) is 9.89 Å². The van der Waals surface area contributed by atoms with Gasteiger partial charge in [-0.3, -0.25) is 0 Å². The summed E-state index contributed by atoms with van der Waals surface area (Å²) in [5.74, 6) is -0.177. The van der Waals surface area contributed by atoms with E-state index in [0.717, 1.165) is 26.6 Å². The Morgan fingerprint density at radius 2 is 2.04 bits per heavy atom. The predicted molar refractivity (Wildman–Crippen MR) is 95.4 cm³/mol. The van der Waals surface area contributed by atoms with E-state index >= 15 is 0 Å². The van der Waals surface area contributed by atoms with E-state index < -0.39 is 5.97 Å². The Morgan fingerprint density at radius 3 is 2.57 bits per heavy atom. The zero-order chi connectivity index (χ0) is 17.4. The highest BCUT2D eigenvalue weighted by molar-refractivity contribution is 9.10. The van der Waals surface area contributed by atoms with Crippen molar-refractivity contribution in [2.75, 3.05) is 6.26 Å². The van der Waals surface area contributed by atoms with E-state index in [-0.39, 0.29) is 5.41 Å². The van der Waals surface area contributed by atoms with Crippen LogP contribution in [0, 0.1) is 6.92 Å². The molecule has 0 amide bonds. The Kier molecular flexibility index (Phi) is 5.20. The Morgan fingerprint density at radius 1 is 1.39 bits per heavy atom. The molecule has 7 heteroatoms. The second-order valence-electron chi connectivity index (χ2n) is 6.33. The lowest BCUT2D eigenvalue weighted by molar-refractivity contribution is 0.0695. The highest BCUT2D eigenvalue weighted by Crippen LogP contribution is 2.27. The predicted octanol–water partition coefficient (Wildman–Crippen LogP) is 4.11. The molecule has 2 rings (SSSR count). The summed E-state index contributed by atoms with van der Waals surface area (Å²) >= 11 is 4.98. The molecule has 0 aliphatic carbocycles. The smallest absolute Gasteiger partial charge is 0.336 e. The van der Waals surface area contributed by atoms with Crippen LogP contribution >= 0.6 is 27.7 Å². The standard InChI is InChI=1S/C16H20BrN3O2S/c1-9-11(10(13(21)22)6-7-12(9)17)8-20-15(23-5)18-14(19-20)16(2,3)4/h6-7H,8H2,1-5H3,(H,21,22). The molecule has 0 radical (unpaired) electrons. The topological polar surface area (TPSA) is 68.0 Å². The van der Waals surface area contributed by atoms with Crippen LogP contribution in [0.3, 0.4) is 0 Å². The van der Waals surface area contributed by atoms with Gasteiger partial charge in [-0.15, -0.1) is 0 Å². The number of thioether (sulfide) groups is 1. The maximum atomic E-state index is 11.5. The van der Waals surface area contributed by atoms with Gasteiger partial charge in [0.1, 0.15) is 0 Å². The highest BCUT2D eigenvalue weighted by Gasteiger charge is 2.23. The van der Waals surface area contributed by atoms with Crippen molar-refractivity contribution in [2.24, 2.45) is 0 Å². The number of aromatic carboxylic acids is 1. The summed E-state index contributed by atoms with van der Waals surface area (Å²) in [6.07, 6.45) is 1.94. The average Bonchev–Trinajstić information content (AvgIpc) is 2.86. The van der Waals surface area contributed by atoms with Gasteiger partial charge >= 0.3 is 5.97 Å². The third-order valence-electron chi connectivity index (χ3n) is 3.56. The van der Waals surface area contributed by atoms with Crippen LogP contribution < -0.4 is 0 Å². The second-order valence-corrected chi connectivity index (χ2v) is 7.96. The summed E-state index contributed by atoms with van der Waals surface area (Å²) in [5.41, 5.74) is 1.79. The van der Waals surface area contributed by atoms with Gasteiger partial charge in [-0.1, -0.05) is 48.5 Å². The molecule has 0 atom stereocenters. The third-order valence-corrected chi connectivity index (χ3v) is 5.09. The van der Waals surface area contributed by atoms with Crippen molar-refractivity contribution in [3.63, 3.8) is 0 Å². The minimum atomic E-state index is -0.933. The number of carboxylic acid groups (broad SMARTS) is 1. The van der Waals surface area contributed by atoms with Gasteiger partial charge in [-0.2, -0.15) is 5.10 Å². The number of aromatic nitrogens is 3. The monoisotopic (exact) mass is 397 g/mol. The van der Waals surface area contributed by atoms with Crippen LogP contribution in [-0.2, 0) is 12.0 Å². The fraction of sp³-hybridized carbons (Fsp3) is 0.438. The van der Waals surface area contributed by atoms with Crippen molar-refractivity contribution in [2.45, 2.75) is 44.8 Å². The number of nitrogens with zero attached hydrogens (tertiary/aromatic N) is 3. The van der Waals surface area contributed by atoms with Gasteiger partial charge in [0.15, 0.2) is 11.0 Å². The van der Waals surface area contributed by atoms with Gasteiger partial charge in [0.2, 0.25) is 0 Å². The number of carboxylic acids is 1. The zero-order valence-corrected chi connectivity index (χ0v) is 16.2. The highest BCUT2D eigenvalue weighted by atomic mass is 79.9. The van der Waals surface area contributed by atoms with E-state index in [0.29, 0.717) is 12.1 Å². The van der Waals surface area contributed by atoms with Crippen LogP contribution in [0.2, 0.25) is 0 Å². The second kappa shape index (κ2) is 6.65. The van der Waals surface area contributed by atoms with Crippen LogP contribution in [0.5, 0.6) is 0 Å². The van der Waals surface area contributed by atoms with Crippen molar-refractivity contribution >= 4 is 33.7 Å². The van der Waals surface area contributed by atoms with E-state index in [1.54, 1.807) is 16.8 Å². The fourth-order valence-corrected chi connectivity index (χ4v) is 3.05. The minimum Gasteiger partial charge on any atom is -0.478 e. The van der Waals surface area contributed by atoms with Crippen molar-refractivity contribution < 1.29 is 9.90 Å². The summed E-state index contributed by atoms with van der Waals surface area (Å²) in [5, 5.41) is 14.8. The molecule has 0 bridgehead atoms. The van der Waals surface area contributed by atoms with E-state index in [4.69, 9.17) is 0 Å². The molecule has 0 aliphatic heterocycles. The van der Waals surface area contributed by atoms with Crippen LogP contribution in [-0.4, -0.2) is 32.1 Å². The first-order valence-corrected chi connectivity index (χ1v) is 9.17. The summed E-state index contributed by atoms with van der Waals surface area (Å²) in [6.45, 7) is 8.47. The molecule has 1 aromatic heterocycles. The fourth-order valence-electron chi connectivity index (χ4n) is 2.18. The molecule has 0 unspecified atom stereocenters. The Labute approximate surface area is 148 Å². The Hall–Kier alpha value is -1.34. The number of halogens is 1. The molecule has 124 valence electrons. The van der Waals surface area contributed by atoms with Crippen molar-refractivity contribution in [3.8, 4) is 0 Å². The summed E-state index contributed by atoms with van der Waals surface area (Å²) < 4.78 is 2.67. The van der Waals surface area contributed by atoms with Gasteiger partial charge in [-0.05, 0) is 36.4 Å². The van der Waals surface area contributed by atoms with Crippen molar-refractivity contribution in [3.05, 3.63) is 39.1 Å². The molecule has 23 heavy (non-hydrogen) atoms. The summed E-state index contributed by atoms with van der Waals surface area (Å²) in [6, 6.07) is 3.38. The Bertz CT molecular complexity index is 751. The maximum absolute atomic E-state index is 11.5. The summed E-state index contributed by atoms with van der Waals surface area (Å²) in [4.78, 5) is 16.1. The van der Waals surface area contributed by atoms with E-state index in [1.807, 2.05) is 13.2 Å². The van der Waals surface area contributed by atoms with Gasteiger partial charge in [0.05, 0.1) is 12.1 Å². The lowest BCUT2D eigenvalue weighted by Gasteiger charge is -2.14. The largest absolute Gasteiger partial charge is 0.478 e. The van der Waals surface area contributed by atoms with Gasteiger partial charge in [0.25, 0.3) is 0 Å². The SMILES string of the molecule is CSc1nc(C(C)(C)C)nn1Cc1c(C(=O)O)ccc(Br)c1C. The van der Waals surface area contributed by atoms with Gasteiger partial charge < -0.3 is 5.11 Å². The summed E-state index contributed by atoms with van der Waals surface area (Å²) in [7, 11) is 0. The van der Waals surface area contributed by atoms with E-state index in [1.165, 1.54) is 11.8 Å². The van der Waals surface area contributed by atoms with Crippen LogP contribution in [0.25, 0.3) is 0 Å². The lowest BCUT2D eigenvalue weighted by atomic mass is 9.96. The van der Waals surface area contributed by atoms with Crippen molar-refractivity contribution in [1.82, 2.24) is 14.8 Å². The van der Waals surface area contributed by atoms with Crippen LogP contribution in [0.1, 0.15) is 48.1 Å². The maximum Gasteiger partial charge on any atom is 0.336 e. The van der Waals surface area contributed by atoms with Crippen LogP contribution in [0.15, 0.2) is 21.8 Å². The third kappa shape index (κ3) is 3.77. The number of hydrogen-bond donors (Lipinski definition) is 1. The number of hydrogen-bond acceptors (Lipinski definition) is 4. The molecule has 0 aliphatic rings. The quantitative estimate of drug-likeness (QED) is 0.785. The first-order chi connectivity index (χ1) is 10.6. The minimum absolute atomic E-state index is 0.155. The molecule has 2 aromatic rings. The van der Waals surface area contributed by atoms with Crippen molar-refractivity contribution in [1.29, 1.82) is 0 Å². The van der Waals surface area contributed by atoms with E-state index in [2.05, 4.69) is 46.8 Å².